The van der Waals surface area contributed by atoms with Crippen LogP contribution in [0.4, 0.5) is 0 Å². The number of rotatable bonds is 2. The topological polar surface area (TPSA) is 29.9 Å². The van der Waals surface area contributed by atoms with Gasteiger partial charge >= 0.3 is 0 Å². The summed E-state index contributed by atoms with van der Waals surface area (Å²) < 4.78 is 1.88. The second kappa shape index (κ2) is 3.50. The Morgan fingerprint density at radius 2 is 2.54 bits per heavy atom. The summed E-state index contributed by atoms with van der Waals surface area (Å²) in [5, 5.41) is 7.74. The molecule has 1 aliphatic rings. The summed E-state index contributed by atoms with van der Waals surface area (Å²) in [7, 11) is 1.97. The summed E-state index contributed by atoms with van der Waals surface area (Å²) in [4.78, 5) is 0. The number of nitrogens with one attached hydrogen (secondary N) is 1. The van der Waals surface area contributed by atoms with Crippen molar-refractivity contribution >= 4 is 0 Å². The Balaban J connectivity index is 2.15. The fourth-order valence-corrected chi connectivity index (χ4v) is 2.19. The highest BCUT2D eigenvalue weighted by Crippen LogP contribution is 2.31. The lowest BCUT2D eigenvalue weighted by atomic mass is 9.94. The molecule has 0 spiro atoms. The van der Waals surface area contributed by atoms with Gasteiger partial charge in [0.15, 0.2) is 0 Å². The van der Waals surface area contributed by atoms with E-state index >= 15 is 0 Å². The molecular weight excluding hydrogens is 162 g/mol. The van der Waals surface area contributed by atoms with Crippen molar-refractivity contribution in [2.75, 3.05) is 6.54 Å². The van der Waals surface area contributed by atoms with Crippen molar-refractivity contribution in [2.24, 2.45) is 13.0 Å². The summed E-state index contributed by atoms with van der Waals surface area (Å²) in [6.07, 6.45) is 6.65. The maximum absolute atomic E-state index is 4.21. The van der Waals surface area contributed by atoms with Gasteiger partial charge in [-0.15, -0.1) is 0 Å². The maximum Gasteiger partial charge on any atom is 0.0537 e. The van der Waals surface area contributed by atoms with Gasteiger partial charge in [-0.3, -0.25) is 4.68 Å². The molecule has 1 aliphatic heterocycles. The molecule has 0 saturated carbocycles. The molecule has 2 rings (SSSR count). The van der Waals surface area contributed by atoms with Crippen LogP contribution < -0.4 is 5.32 Å². The Kier molecular flexibility index (Phi) is 2.36. The first-order chi connectivity index (χ1) is 6.31. The Labute approximate surface area is 79.1 Å². The van der Waals surface area contributed by atoms with Crippen molar-refractivity contribution in [3.05, 3.63) is 18.0 Å². The van der Waals surface area contributed by atoms with Crippen LogP contribution in [0, 0.1) is 5.92 Å². The van der Waals surface area contributed by atoms with E-state index in [4.69, 9.17) is 0 Å². The van der Waals surface area contributed by atoms with Gasteiger partial charge in [-0.05, 0) is 18.9 Å². The van der Waals surface area contributed by atoms with Gasteiger partial charge in [0, 0.05) is 24.8 Å². The molecule has 0 aromatic carbocycles. The standard InChI is InChI=1S/C10H17N3/c1-3-8-4-5-11-10(8)9-6-12-13(2)7-9/h6-8,10-11H,3-5H2,1-2H3. The molecule has 2 heterocycles. The summed E-state index contributed by atoms with van der Waals surface area (Å²) >= 11 is 0. The van der Waals surface area contributed by atoms with E-state index in [1.807, 2.05) is 17.9 Å². The van der Waals surface area contributed by atoms with Crippen LogP contribution in [0.3, 0.4) is 0 Å². The SMILES string of the molecule is CCC1CCNC1c1cnn(C)c1. The van der Waals surface area contributed by atoms with E-state index in [2.05, 4.69) is 23.5 Å². The highest BCUT2D eigenvalue weighted by atomic mass is 15.2. The molecule has 1 N–H and O–H groups in total. The maximum atomic E-state index is 4.21. The molecule has 1 aromatic heterocycles. The van der Waals surface area contributed by atoms with Gasteiger partial charge in [0.25, 0.3) is 0 Å². The van der Waals surface area contributed by atoms with Crippen LogP contribution in [-0.4, -0.2) is 16.3 Å². The molecule has 3 heteroatoms. The zero-order chi connectivity index (χ0) is 9.26. The van der Waals surface area contributed by atoms with E-state index in [1.54, 1.807) is 0 Å². The summed E-state index contributed by atoms with van der Waals surface area (Å²) in [5.41, 5.74) is 1.34. The molecule has 2 atom stereocenters. The molecule has 3 nitrogen and oxygen atoms in total. The van der Waals surface area contributed by atoms with Crippen LogP contribution in [0.25, 0.3) is 0 Å². The second-order valence-electron chi connectivity index (χ2n) is 3.84. The van der Waals surface area contributed by atoms with E-state index in [0.717, 1.165) is 12.5 Å². The molecule has 1 aromatic rings. The second-order valence-corrected chi connectivity index (χ2v) is 3.84. The Bertz CT molecular complexity index is 279. The van der Waals surface area contributed by atoms with Crippen LogP contribution in [0.1, 0.15) is 31.4 Å². The lowest BCUT2D eigenvalue weighted by molar-refractivity contribution is 0.449. The first kappa shape index (κ1) is 8.75. The third kappa shape index (κ3) is 1.61. The largest absolute Gasteiger partial charge is 0.310 e. The van der Waals surface area contributed by atoms with Crippen LogP contribution in [0.2, 0.25) is 0 Å². The third-order valence-electron chi connectivity index (χ3n) is 2.96. The molecule has 13 heavy (non-hydrogen) atoms. The quantitative estimate of drug-likeness (QED) is 0.745. The van der Waals surface area contributed by atoms with E-state index in [0.29, 0.717) is 6.04 Å². The van der Waals surface area contributed by atoms with Crippen molar-refractivity contribution in [3.63, 3.8) is 0 Å². The van der Waals surface area contributed by atoms with Crippen molar-refractivity contribution in [2.45, 2.75) is 25.8 Å². The van der Waals surface area contributed by atoms with Gasteiger partial charge in [0.1, 0.15) is 0 Å². The predicted molar refractivity (Wildman–Crippen MR) is 52.3 cm³/mol. The Hall–Kier alpha value is -0.830. The number of aryl methyl sites for hydroxylation is 1. The first-order valence-electron chi connectivity index (χ1n) is 5.03. The highest BCUT2D eigenvalue weighted by molar-refractivity contribution is 5.13. The average molecular weight is 179 g/mol. The zero-order valence-corrected chi connectivity index (χ0v) is 8.33. The van der Waals surface area contributed by atoms with Crippen LogP contribution in [0.15, 0.2) is 12.4 Å². The van der Waals surface area contributed by atoms with Gasteiger partial charge in [-0.2, -0.15) is 5.10 Å². The number of nitrogens with zero attached hydrogens (tertiary/aromatic N) is 2. The van der Waals surface area contributed by atoms with Crippen molar-refractivity contribution < 1.29 is 0 Å². The summed E-state index contributed by atoms with van der Waals surface area (Å²) in [5.74, 6) is 0.796. The van der Waals surface area contributed by atoms with Crippen LogP contribution in [0.5, 0.6) is 0 Å². The number of hydrogen-bond donors (Lipinski definition) is 1. The van der Waals surface area contributed by atoms with E-state index in [-0.39, 0.29) is 0 Å². The van der Waals surface area contributed by atoms with Gasteiger partial charge in [-0.1, -0.05) is 13.3 Å². The van der Waals surface area contributed by atoms with Gasteiger partial charge < -0.3 is 5.32 Å². The number of aromatic nitrogens is 2. The Morgan fingerprint density at radius 1 is 1.69 bits per heavy atom. The summed E-state index contributed by atoms with van der Waals surface area (Å²) in [6.45, 7) is 3.42. The molecule has 1 fully saturated rings. The monoisotopic (exact) mass is 179 g/mol. The Morgan fingerprint density at radius 3 is 3.15 bits per heavy atom. The van der Waals surface area contributed by atoms with Gasteiger partial charge in [-0.25, -0.2) is 0 Å². The van der Waals surface area contributed by atoms with Crippen LogP contribution >= 0.6 is 0 Å². The zero-order valence-electron chi connectivity index (χ0n) is 8.33. The van der Waals surface area contributed by atoms with Crippen molar-refractivity contribution in [1.29, 1.82) is 0 Å². The fourth-order valence-electron chi connectivity index (χ4n) is 2.19. The predicted octanol–water partition coefficient (Wildman–Crippen LogP) is 1.48. The minimum absolute atomic E-state index is 0.540. The molecule has 1 saturated heterocycles. The van der Waals surface area contributed by atoms with Crippen molar-refractivity contribution in [1.82, 2.24) is 15.1 Å². The molecular formula is C10H17N3. The third-order valence-corrected chi connectivity index (χ3v) is 2.96. The van der Waals surface area contributed by atoms with E-state index in [1.165, 1.54) is 18.4 Å². The lowest BCUT2D eigenvalue weighted by Crippen LogP contribution is -2.16. The average Bonchev–Trinajstić information content (AvgIpc) is 2.71. The molecule has 0 radical (unpaired) electrons. The number of hydrogen-bond acceptors (Lipinski definition) is 2. The lowest BCUT2D eigenvalue weighted by Gasteiger charge is -2.15. The molecule has 72 valence electrons. The molecule has 0 aliphatic carbocycles. The molecule has 2 unspecified atom stereocenters. The van der Waals surface area contributed by atoms with Crippen LogP contribution in [-0.2, 0) is 7.05 Å². The highest BCUT2D eigenvalue weighted by Gasteiger charge is 2.27. The van der Waals surface area contributed by atoms with Crippen molar-refractivity contribution in [3.8, 4) is 0 Å². The van der Waals surface area contributed by atoms with E-state index < -0.39 is 0 Å². The van der Waals surface area contributed by atoms with Gasteiger partial charge in [0.05, 0.1) is 6.20 Å². The minimum Gasteiger partial charge on any atom is -0.310 e. The van der Waals surface area contributed by atoms with Gasteiger partial charge in [0.2, 0.25) is 0 Å². The minimum atomic E-state index is 0.540. The first-order valence-corrected chi connectivity index (χ1v) is 5.03. The van der Waals surface area contributed by atoms with E-state index in [9.17, 15) is 0 Å². The summed E-state index contributed by atoms with van der Waals surface area (Å²) in [6, 6.07) is 0.540. The molecule has 0 bridgehead atoms. The smallest absolute Gasteiger partial charge is 0.0537 e. The molecule has 0 amide bonds. The normalized spacial score (nSPS) is 28.2. The fraction of sp³-hybridized carbons (Fsp3) is 0.700.